The van der Waals surface area contributed by atoms with Gasteiger partial charge in [0.15, 0.2) is 5.96 Å². The van der Waals surface area contributed by atoms with E-state index >= 15 is 0 Å². The minimum Gasteiger partial charge on any atom is -0.469 e. The van der Waals surface area contributed by atoms with E-state index < -0.39 is 0 Å². The second-order valence-electron chi connectivity index (χ2n) is 8.61. The van der Waals surface area contributed by atoms with Gasteiger partial charge in [0.25, 0.3) is 0 Å². The Morgan fingerprint density at radius 3 is 2.52 bits per heavy atom. The lowest BCUT2D eigenvalue weighted by Gasteiger charge is -2.38. The van der Waals surface area contributed by atoms with Crippen LogP contribution in [0.5, 0.6) is 0 Å². The molecule has 2 saturated heterocycles. The summed E-state index contributed by atoms with van der Waals surface area (Å²) in [7, 11) is 2.07. The van der Waals surface area contributed by atoms with Crippen molar-refractivity contribution < 1.29 is 9.21 Å². The summed E-state index contributed by atoms with van der Waals surface area (Å²) in [6, 6.07) is 4.54. The van der Waals surface area contributed by atoms with Gasteiger partial charge in [-0.1, -0.05) is 12.8 Å². The Morgan fingerprint density at radius 1 is 1.10 bits per heavy atom. The van der Waals surface area contributed by atoms with Crippen LogP contribution in [-0.4, -0.2) is 85.0 Å². The van der Waals surface area contributed by atoms with Gasteiger partial charge in [0.2, 0.25) is 5.91 Å². The van der Waals surface area contributed by atoms with Gasteiger partial charge < -0.3 is 19.5 Å². The fourth-order valence-electron chi connectivity index (χ4n) is 4.79. The van der Waals surface area contributed by atoms with Crippen molar-refractivity contribution >= 4 is 11.9 Å². The van der Waals surface area contributed by atoms with E-state index in [1.807, 2.05) is 12.1 Å². The zero-order chi connectivity index (χ0) is 20.1. The Bertz CT molecular complexity index is 675. The summed E-state index contributed by atoms with van der Waals surface area (Å²) >= 11 is 0. The SMILES string of the molecule is CN1CCCC1C(=O)N1CCN(C(=NCCc2ccco2)NC2CCCC2)CC1. The van der Waals surface area contributed by atoms with Crippen molar-refractivity contribution in [1.82, 2.24) is 20.0 Å². The van der Waals surface area contributed by atoms with E-state index in [-0.39, 0.29) is 6.04 Å². The third-order valence-corrected chi connectivity index (χ3v) is 6.58. The van der Waals surface area contributed by atoms with Gasteiger partial charge in [-0.15, -0.1) is 0 Å². The summed E-state index contributed by atoms with van der Waals surface area (Å²) in [5, 5.41) is 3.71. The molecule has 29 heavy (non-hydrogen) atoms. The summed E-state index contributed by atoms with van der Waals surface area (Å²) in [5.74, 6) is 2.29. The van der Waals surface area contributed by atoms with E-state index in [1.165, 1.54) is 25.7 Å². The number of amides is 1. The Hall–Kier alpha value is -2.02. The summed E-state index contributed by atoms with van der Waals surface area (Å²) in [5.41, 5.74) is 0. The second kappa shape index (κ2) is 9.65. The fraction of sp³-hybridized carbons (Fsp3) is 0.727. The smallest absolute Gasteiger partial charge is 0.240 e. The Kier molecular flexibility index (Phi) is 6.74. The molecular formula is C22H35N5O2. The molecule has 3 fully saturated rings. The Balaban J connectivity index is 1.34. The van der Waals surface area contributed by atoms with Gasteiger partial charge in [-0.05, 0) is 51.4 Å². The summed E-state index contributed by atoms with van der Waals surface area (Å²) in [4.78, 5) is 24.4. The van der Waals surface area contributed by atoms with Crippen molar-refractivity contribution in [3.05, 3.63) is 24.2 Å². The summed E-state index contributed by atoms with van der Waals surface area (Å²) in [6.07, 6.45) is 9.71. The highest BCUT2D eigenvalue weighted by molar-refractivity contribution is 5.83. The molecule has 1 amide bonds. The number of piperazine rings is 1. The van der Waals surface area contributed by atoms with Gasteiger partial charge in [-0.2, -0.15) is 0 Å². The molecule has 4 rings (SSSR count). The average Bonchev–Trinajstić information content (AvgIpc) is 3.50. The molecular weight excluding hydrogens is 366 g/mol. The van der Waals surface area contributed by atoms with Crippen LogP contribution in [0.15, 0.2) is 27.8 Å². The Morgan fingerprint density at radius 2 is 1.86 bits per heavy atom. The number of nitrogens with one attached hydrogen (secondary N) is 1. The minimum atomic E-state index is 0.0830. The van der Waals surface area contributed by atoms with Crippen LogP contribution < -0.4 is 5.32 Å². The van der Waals surface area contributed by atoms with Crippen LogP contribution in [-0.2, 0) is 11.2 Å². The van der Waals surface area contributed by atoms with Crippen LogP contribution in [0.25, 0.3) is 0 Å². The molecule has 3 heterocycles. The average molecular weight is 402 g/mol. The molecule has 0 spiro atoms. The van der Waals surface area contributed by atoms with Gasteiger partial charge in [0, 0.05) is 45.2 Å². The number of aliphatic imine (C=N–C) groups is 1. The molecule has 3 aliphatic rings. The molecule has 7 heteroatoms. The van der Waals surface area contributed by atoms with Crippen LogP contribution in [0.1, 0.15) is 44.3 Å². The zero-order valence-corrected chi connectivity index (χ0v) is 17.7. The van der Waals surface area contributed by atoms with Crippen LogP contribution in [0.3, 0.4) is 0 Å². The van der Waals surface area contributed by atoms with Crippen molar-refractivity contribution in [2.24, 2.45) is 4.99 Å². The van der Waals surface area contributed by atoms with E-state index in [4.69, 9.17) is 9.41 Å². The number of hydrogen-bond donors (Lipinski definition) is 1. The molecule has 1 aliphatic carbocycles. The first-order valence-electron chi connectivity index (χ1n) is 11.3. The molecule has 1 atom stereocenters. The highest BCUT2D eigenvalue weighted by Crippen LogP contribution is 2.20. The fourth-order valence-corrected chi connectivity index (χ4v) is 4.79. The van der Waals surface area contributed by atoms with Crippen LogP contribution in [0.2, 0.25) is 0 Å². The standard InChI is InChI=1S/C22H35N5O2/c1-25-12-4-9-20(25)21(28)26-13-15-27(16-14-26)22(24-18-6-2-3-7-18)23-11-10-19-8-5-17-29-19/h5,8,17-18,20H,2-4,6-7,9-16H2,1H3,(H,23,24). The predicted octanol–water partition coefficient (Wildman–Crippen LogP) is 1.95. The van der Waals surface area contributed by atoms with Gasteiger partial charge in [-0.25, -0.2) is 0 Å². The lowest BCUT2D eigenvalue weighted by molar-refractivity contribution is -0.136. The third kappa shape index (κ3) is 5.13. The number of carbonyl (C=O) groups is 1. The number of likely N-dealkylation sites (tertiary alicyclic amines) is 1. The molecule has 1 N–H and O–H groups in total. The van der Waals surface area contributed by atoms with Crippen LogP contribution >= 0.6 is 0 Å². The first-order chi connectivity index (χ1) is 14.2. The van der Waals surface area contributed by atoms with E-state index in [9.17, 15) is 4.79 Å². The molecule has 1 aromatic rings. The number of guanidine groups is 1. The number of nitrogens with zero attached hydrogens (tertiary/aromatic N) is 4. The topological polar surface area (TPSA) is 64.3 Å². The number of likely N-dealkylation sites (N-methyl/N-ethyl adjacent to an activating group) is 1. The van der Waals surface area contributed by atoms with E-state index in [0.29, 0.717) is 18.5 Å². The van der Waals surface area contributed by atoms with Gasteiger partial charge in [0.05, 0.1) is 12.3 Å². The van der Waals surface area contributed by atoms with Crippen LogP contribution in [0.4, 0.5) is 0 Å². The highest BCUT2D eigenvalue weighted by atomic mass is 16.3. The van der Waals surface area contributed by atoms with Crippen LogP contribution in [0, 0.1) is 0 Å². The quantitative estimate of drug-likeness (QED) is 0.604. The lowest BCUT2D eigenvalue weighted by atomic mass is 10.1. The van der Waals surface area contributed by atoms with Gasteiger partial charge in [-0.3, -0.25) is 14.7 Å². The van der Waals surface area contributed by atoms with Crippen molar-refractivity contribution in [3.63, 3.8) is 0 Å². The van der Waals surface area contributed by atoms with Crippen molar-refractivity contribution in [2.45, 2.75) is 57.0 Å². The predicted molar refractivity (Wildman–Crippen MR) is 114 cm³/mol. The van der Waals surface area contributed by atoms with E-state index in [1.54, 1.807) is 6.26 Å². The number of carbonyl (C=O) groups excluding carboxylic acids is 1. The zero-order valence-electron chi connectivity index (χ0n) is 17.7. The van der Waals surface area contributed by atoms with Crippen molar-refractivity contribution in [2.75, 3.05) is 46.3 Å². The van der Waals surface area contributed by atoms with E-state index in [0.717, 1.165) is 63.7 Å². The molecule has 7 nitrogen and oxygen atoms in total. The molecule has 0 bridgehead atoms. The normalized spacial score (nSPS) is 24.4. The van der Waals surface area contributed by atoms with Crippen molar-refractivity contribution in [1.29, 1.82) is 0 Å². The van der Waals surface area contributed by atoms with Gasteiger partial charge >= 0.3 is 0 Å². The third-order valence-electron chi connectivity index (χ3n) is 6.58. The maximum atomic E-state index is 12.9. The molecule has 1 unspecified atom stereocenters. The summed E-state index contributed by atoms with van der Waals surface area (Å²) in [6.45, 7) is 5.02. The first-order valence-corrected chi connectivity index (χ1v) is 11.3. The van der Waals surface area contributed by atoms with Gasteiger partial charge in [0.1, 0.15) is 5.76 Å². The molecule has 2 aliphatic heterocycles. The highest BCUT2D eigenvalue weighted by Gasteiger charge is 2.33. The molecule has 0 radical (unpaired) electrons. The number of rotatable bonds is 5. The molecule has 160 valence electrons. The molecule has 0 aromatic carbocycles. The first kappa shape index (κ1) is 20.3. The lowest BCUT2D eigenvalue weighted by Crippen LogP contribution is -2.57. The molecule has 1 aromatic heterocycles. The maximum absolute atomic E-state index is 12.9. The van der Waals surface area contributed by atoms with Crippen molar-refractivity contribution in [3.8, 4) is 0 Å². The monoisotopic (exact) mass is 401 g/mol. The largest absolute Gasteiger partial charge is 0.469 e. The number of furan rings is 1. The number of hydrogen-bond acceptors (Lipinski definition) is 4. The minimum absolute atomic E-state index is 0.0830. The second-order valence-corrected chi connectivity index (χ2v) is 8.61. The molecule has 1 saturated carbocycles. The Labute approximate surface area is 174 Å². The maximum Gasteiger partial charge on any atom is 0.240 e. The summed E-state index contributed by atoms with van der Waals surface area (Å²) < 4.78 is 5.44. The van der Waals surface area contributed by atoms with E-state index in [2.05, 4.69) is 27.1 Å².